The van der Waals surface area contributed by atoms with Crippen molar-refractivity contribution in [2.75, 3.05) is 7.05 Å². The molecule has 3 heteroatoms. The minimum Gasteiger partial charge on any atom is -0.316 e. The van der Waals surface area contributed by atoms with Gasteiger partial charge < -0.3 is 5.32 Å². The third-order valence-corrected chi connectivity index (χ3v) is 5.22. The van der Waals surface area contributed by atoms with Crippen LogP contribution in [0.15, 0.2) is 46.3 Å². The predicted octanol–water partition coefficient (Wildman–Crippen LogP) is 4.83. The van der Waals surface area contributed by atoms with Gasteiger partial charge in [0.25, 0.3) is 0 Å². The molecule has 0 amide bonds. The van der Waals surface area contributed by atoms with Crippen molar-refractivity contribution in [2.45, 2.75) is 31.7 Å². The lowest BCUT2D eigenvalue weighted by molar-refractivity contribution is 0.451. The van der Waals surface area contributed by atoms with Crippen LogP contribution in [-0.4, -0.2) is 13.1 Å². The van der Waals surface area contributed by atoms with E-state index in [2.05, 4.69) is 77.7 Å². The minimum atomic E-state index is 0.484. The topological polar surface area (TPSA) is 12.0 Å². The van der Waals surface area contributed by atoms with Crippen LogP contribution in [0.3, 0.4) is 0 Å². The molecule has 0 saturated heterocycles. The van der Waals surface area contributed by atoms with Gasteiger partial charge in [0.05, 0.1) is 3.79 Å². The van der Waals surface area contributed by atoms with E-state index in [-0.39, 0.29) is 0 Å². The molecule has 2 atom stereocenters. The molecule has 1 aromatic heterocycles. The first kappa shape index (κ1) is 14.8. The fourth-order valence-electron chi connectivity index (χ4n) is 2.58. The highest BCUT2D eigenvalue weighted by Crippen LogP contribution is 2.29. The van der Waals surface area contributed by atoms with Gasteiger partial charge in [-0.2, -0.15) is 0 Å². The highest BCUT2D eigenvalue weighted by Gasteiger charge is 2.20. The minimum absolute atomic E-state index is 0.484. The lowest BCUT2D eigenvalue weighted by atomic mass is 9.87. The Hall–Kier alpha value is -0.640. The average Bonchev–Trinajstić information content (AvgIpc) is 2.85. The molecule has 2 aromatic rings. The molecule has 0 spiro atoms. The highest BCUT2D eigenvalue weighted by atomic mass is 79.9. The molecule has 0 saturated carbocycles. The Morgan fingerprint density at radius 3 is 2.42 bits per heavy atom. The smallest absolute Gasteiger partial charge is 0.0701 e. The first-order valence-electron chi connectivity index (χ1n) is 6.71. The van der Waals surface area contributed by atoms with Crippen LogP contribution in [0.5, 0.6) is 0 Å². The molecule has 0 aliphatic carbocycles. The van der Waals surface area contributed by atoms with Crippen molar-refractivity contribution in [3.05, 3.63) is 56.7 Å². The molecule has 0 bridgehead atoms. The molecule has 19 heavy (non-hydrogen) atoms. The average molecular weight is 338 g/mol. The van der Waals surface area contributed by atoms with Crippen molar-refractivity contribution in [1.29, 1.82) is 0 Å². The molecule has 0 aliphatic heterocycles. The second kappa shape index (κ2) is 7.22. The molecule has 0 radical (unpaired) electrons. The van der Waals surface area contributed by atoms with Crippen molar-refractivity contribution >= 4 is 27.3 Å². The summed E-state index contributed by atoms with van der Waals surface area (Å²) < 4.78 is 1.21. The quantitative estimate of drug-likeness (QED) is 0.795. The van der Waals surface area contributed by atoms with E-state index in [0.717, 1.165) is 12.8 Å². The van der Waals surface area contributed by atoms with E-state index >= 15 is 0 Å². The van der Waals surface area contributed by atoms with Gasteiger partial charge in [-0.1, -0.05) is 37.3 Å². The largest absolute Gasteiger partial charge is 0.316 e. The number of likely N-dealkylation sites (N-methyl/N-ethyl adjacent to an activating group) is 1. The number of halogens is 1. The number of hydrogen-bond donors (Lipinski definition) is 1. The molecule has 1 N–H and O–H groups in total. The fraction of sp³-hybridized carbons (Fsp3) is 0.375. The first-order chi connectivity index (χ1) is 9.24. The van der Waals surface area contributed by atoms with E-state index in [1.54, 1.807) is 0 Å². The van der Waals surface area contributed by atoms with Gasteiger partial charge in [-0.15, -0.1) is 11.3 Å². The van der Waals surface area contributed by atoms with Crippen LogP contribution < -0.4 is 5.32 Å². The van der Waals surface area contributed by atoms with Crippen LogP contribution in [0, 0.1) is 0 Å². The maximum absolute atomic E-state index is 3.54. The van der Waals surface area contributed by atoms with Gasteiger partial charge in [-0.05, 0) is 59.4 Å². The summed E-state index contributed by atoms with van der Waals surface area (Å²) in [6.07, 6.45) is 2.24. The lowest BCUT2D eigenvalue weighted by Gasteiger charge is -2.26. The molecular weight excluding hydrogens is 318 g/mol. The number of hydrogen-bond acceptors (Lipinski definition) is 2. The molecule has 2 unspecified atom stereocenters. The van der Waals surface area contributed by atoms with E-state index in [1.165, 1.54) is 14.2 Å². The van der Waals surface area contributed by atoms with Crippen molar-refractivity contribution in [1.82, 2.24) is 5.32 Å². The third-order valence-electron chi connectivity index (χ3n) is 3.57. The molecule has 1 nitrogen and oxygen atoms in total. The molecule has 2 rings (SSSR count). The van der Waals surface area contributed by atoms with E-state index in [9.17, 15) is 0 Å². The van der Waals surface area contributed by atoms with Crippen molar-refractivity contribution in [3.8, 4) is 0 Å². The van der Waals surface area contributed by atoms with Gasteiger partial charge in [0.1, 0.15) is 0 Å². The Morgan fingerprint density at radius 2 is 1.89 bits per heavy atom. The monoisotopic (exact) mass is 337 g/mol. The molecule has 0 fully saturated rings. The normalized spacial score (nSPS) is 14.3. The summed E-state index contributed by atoms with van der Waals surface area (Å²) >= 11 is 5.37. The van der Waals surface area contributed by atoms with Crippen LogP contribution in [0.2, 0.25) is 0 Å². The van der Waals surface area contributed by atoms with Gasteiger partial charge in [0, 0.05) is 10.9 Å². The second-order valence-corrected chi connectivity index (χ2v) is 7.28. The van der Waals surface area contributed by atoms with Crippen molar-refractivity contribution in [2.24, 2.45) is 0 Å². The van der Waals surface area contributed by atoms with Crippen LogP contribution in [-0.2, 0) is 6.42 Å². The summed E-state index contributed by atoms with van der Waals surface area (Å²) in [7, 11) is 2.07. The SMILES string of the molecule is CCC(c1ccccc1)C(Cc1ccc(Br)s1)NC. The fourth-order valence-corrected chi connectivity index (χ4v) is 4.12. The molecular formula is C16H20BrNS. The lowest BCUT2D eigenvalue weighted by Crippen LogP contribution is -2.33. The first-order valence-corrected chi connectivity index (χ1v) is 8.32. The summed E-state index contributed by atoms with van der Waals surface area (Å²) in [4.78, 5) is 1.43. The molecule has 1 heterocycles. The van der Waals surface area contributed by atoms with E-state index in [4.69, 9.17) is 0 Å². The third kappa shape index (κ3) is 3.91. The second-order valence-electron chi connectivity index (χ2n) is 4.73. The zero-order chi connectivity index (χ0) is 13.7. The van der Waals surface area contributed by atoms with Crippen LogP contribution in [0.25, 0.3) is 0 Å². The van der Waals surface area contributed by atoms with E-state index < -0.39 is 0 Å². The van der Waals surface area contributed by atoms with Crippen LogP contribution in [0.1, 0.15) is 29.7 Å². The van der Waals surface area contributed by atoms with E-state index in [0.29, 0.717) is 12.0 Å². The van der Waals surface area contributed by atoms with Crippen LogP contribution in [0.4, 0.5) is 0 Å². The van der Waals surface area contributed by atoms with Crippen molar-refractivity contribution in [3.63, 3.8) is 0 Å². The number of benzene rings is 1. The Labute approximate surface area is 128 Å². The van der Waals surface area contributed by atoms with Gasteiger partial charge in [-0.3, -0.25) is 0 Å². The Kier molecular flexibility index (Phi) is 5.61. The van der Waals surface area contributed by atoms with Gasteiger partial charge >= 0.3 is 0 Å². The molecule has 1 aromatic carbocycles. The standard InChI is InChI=1S/C16H20BrNS/c1-3-14(12-7-5-4-6-8-12)15(18-2)11-13-9-10-16(17)19-13/h4-10,14-15,18H,3,11H2,1-2H3. The Balaban J connectivity index is 2.15. The summed E-state index contributed by atoms with van der Waals surface area (Å²) in [5, 5.41) is 3.50. The molecule has 0 aliphatic rings. The van der Waals surface area contributed by atoms with Gasteiger partial charge in [0.15, 0.2) is 0 Å². The summed E-state index contributed by atoms with van der Waals surface area (Å²) in [6.45, 7) is 2.27. The van der Waals surface area contributed by atoms with Crippen LogP contribution >= 0.6 is 27.3 Å². The summed E-state index contributed by atoms with van der Waals surface area (Å²) in [6, 6.07) is 15.7. The summed E-state index contributed by atoms with van der Waals surface area (Å²) in [5.41, 5.74) is 1.43. The van der Waals surface area contributed by atoms with E-state index in [1.807, 2.05) is 11.3 Å². The highest BCUT2D eigenvalue weighted by molar-refractivity contribution is 9.11. The maximum atomic E-state index is 3.54. The summed E-state index contributed by atoms with van der Waals surface area (Å²) in [5.74, 6) is 0.562. The molecule has 102 valence electrons. The van der Waals surface area contributed by atoms with Gasteiger partial charge in [0.2, 0.25) is 0 Å². The number of thiophene rings is 1. The zero-order valence-electron chi connectivity index (χ0n) is 11.4. The van der Waals surface area contributed by atoms with Crippen molar-refractivity contribution < 1.29 is 0 Å². The van der Waals surface area contributed by atoms with Gasteiger partial charge in [-0.25, -0.2) is 0 Å². The number of nitrogens with one attached hydrogen (secondary N) is 1. The zero-order valence-corrected chi connectivity index (χ0v) is 13.8. The Bertz CT molecular complexity index is 494. The Morgan fingerprint density at radius 1 is 1.16 bits per heavy atom. The number of rotatable bonds is 6. The maximum Gasteiger partial charge on any atom is 0.0701 e. The predicted molar refractivity (Wildman–Crippen MR) is 88.0 cm³/mol.